The monoisotopic (exact) mass is 244 g/mol. The van der Waals surface area contributed by atoms with Gasteiger partial charge in [0.25, 0.3) is 0 Å². The summed E-state index contributed by atoms with van der Waals surface area (Å²) in [6.45, 7) is 0.197. The summed E-state index contributed by atoms with van der Waals surface area (Å²) < 4.78 is 0.954. The molecule has 0 atom stereocenters. The van der Waals surface area contributed by atoms with Crippen LogP contribution >= 0.6 is 15.9 Å². The van der Waals surface area contributed by atoms with Crippen LogP contribution in [0.2, 0.25) is 0 Å². The molecule has 0 aromatic heterocycles. The quantitative estimate of drug-likeness (QED) is 0.474. The molecule has 1 aromatic rings. The van der Waals surface area contributed by atoms with E-state index in [9.17, 15) is 4.79 Å². The molecule has 0 aliphatic heterocycles. The molecule has 4 nitrogen and oxygen atoms in total. The molecule has 0 saturated carbocycles. The minimum Gasteiger partial charge on any atom is -0.464 e. The van der Waals surface area contributed by atoms with Crippen LogP contribution in [0, 0.1) is 0 Å². The van der Waals surface area contributed by atoms with Gasteiger partial charge in [-0.05, 0) is 17.7 Å². The van der Waals surface area contributed by atoms with Gasteiger partial charge in [0.1, 0.15) is 0 Å². The Morgan fingerprint density at radius 1 is 1.46 bits per heavy atom. The van der Waals surface area contributed by atoms with Crippen LogP contribution in [0.1, 0.15) is 5.56 Å². The molecule has 3 N–H and O–H groups in total. The first kappa shape index (κ1) is 10.0. The average Bonchev–Trinajstić information content (AvgIpc) is 2.08. The van der Waals surface area contributed by atoms with Crippen LogP contribution in [0.25, 0.3) is 0 Å². The molecular formula is C8H9BrN2O2. The van der Waals surface area contributed by atoms with Gasteiger partial charge in [-0.15, -0.1) is 0 Å². The van der Waals surface area contributed by atoms with Crippen molar-refractivity contribution in [2.24, 2.45) is 5.84 Å². The average molecular weight is 245 g/mol. The van der Waals surface area contributed by atoms with E-state index in [1.165, 1.54) is 0 Å². The van der Waals surface area contributed by atoms with E-state index in [0.717, 1.165) is 15.0 Å². The van der Waals surface area contributed by atoms with Crippen molar-refractivity contribution >= 4 is 22.0 Å². The Labute approximate surface area is 84.1 Å². The Kier molecular flexibility index (Phi) is 3.27. The molecule has 1 rings (SSSR count). The number of hydrogen-bond donors (Lipinski definition) is 2. The second-order valence-electron chi connectivity index (χ2n) is 2.54. The number of carboxylic acid groups (broad SMARTS) is 1. The second-order valence-corrected chi connectivity index (χ2v) is 3.45. The molecule has 0 bridgehead atoms. The van der Waals surface area contributed by atoms with Crippen LogP contribution in [0.3, 0.4) is 0 Å². The van der Waals surface area contributed by atoms with Crippen molar-refractivity contribution < 1.29 is 9.90 Å². The molecule has 0 heterocycles. The topological polar surface area (TPSA) is 66.6 Å². The van der Waals surface area contributed by atoms with E-state index in [2.05, 4.69) is 15.9 Å². The number of nitrogens with two attached hydrogens (primary N) is 1. The highest BCUT2D eigenvalue weighted by Crippen LogP contribution is 2.11. The van der Waals surface area contributed by atoms with Gasteiger partial charge in [0.2, 0.25) is 0 Å². The summed E-state index contributed by atoms with van der Waals surface area (Å²) >= 11 is 3.28. The maximum absolute atomic E-state index is 10.4. The van der Waals surface area contributed by atoms with E-state index >= 15 is 0 Å². The summed E-state index contributed by atoms with van der Waals surface area (Å²) in [5.74, 6) is 5.21. The SMILES string of the molecule is NN(Cc1ccc(Br)cc1)C(=O)O. The van der Waals surface area contributed by atoms with Crippen molar-refractivity contribution in [2.75, 3.05) is 0 Å². The Balaban J connectivity index is 2.64. The zero-order chi connectivity index (χ0) is 9.84. The Bertz CT molecular complexity index is 300. The van der Waals surface area contributed by atoms with Gasteiger partial charge in [-0.25, -0.2) is 15.6 Å². The maximum Gasteiger partial charge on any atom is 0.421 e. The van der Waals surface area contributed by atoms with Crippen molar-refractivity contribution in [2.45, 2.75) is 6.54 Å². The summed E-state index contributed by atoms with van der Waals surface area (Å²) in [4.78, 5) is 10.4. The van der Waals surface area contributed by atoms with E-state index in [-0.39, 0.29) is 6.54 Å². The van der Waals surface area contributed by atoms with Crippen molar-refractivity contribution in [3.63, 3.8) is 0 Å². The van der Waals surface area contributed by atoms with Gasteiger partial charge < -0.3 is 5.11 Å². The normalized spacial score (nSPS) is 9.69. The van der Waals surface area contributed by atoms with Crippen LogP contribution in [-0.4, -0.2) is 16.2 Å². The first-order chi connectivity index (χ1) is 6.09. The van der Waals surface area contributed by atoms with Gasteiger partial charge in [-0.1, -0.05) is 28.1 Å². The van der Waals surface area contributed by atoms with Crippen molar-refractivity contribution in [1.82, 2.24) is 5.01 Å². The molecular weight excluding hydrogens is 236 g/mol. The van der Waals surface area contributed by atoms with Crippen LogP contribution in [-0.2, 0) is 6.54 Å². The summed E-state index contributed by atoms with van der Waals surface area (Å²) in [6.07, 6.45) is -1.14. The molecule has 0 spiro atoms. The third-order valence-electron chi connectivity index (χ3n) is 1.51. The zero-order valence-electron chi connectivity index (χ0n) is 6.77. The number of hydrazine groups is 1. The van der Waals surface area contributed by atoms with E-state index in [1.807, 2.05) is 24.3 Å². The molecule has 1 aromatic carbocycles. The second kappa shape index (κ2) is 4.25. The molecule has 1 amide bonds. The number of halogens is 1. The highest BCUT2D eigenvalue weighted by molar-refractivity contribution is 9.10. The van der Waals surface area contributed by atoms with Gasteiger partial charge in [-0.2, -0.15) is 0 Å². The number of carbonyl (C=O) groups is 1. The van der Waals surface area contributed by atoms with E-state index < -0.39 is 6.09 Å². The molecule has 0 fully saturated rings. The lowest BCUT2D eigenvalue weighted by Gasteiger charge is -2.11. The number of rotatable bonds is 2. The number of nitrogens with zero attached hydrogens (tertiary/aromatic N) is 1. The third-order valence-corrected chi connectivity index (χ3v) is 2.04. The van der Waals surface area contributed by atoms with Crippen molar-refractivity contribution in [1.29, 1.82) is 0 Å². The van der Waals surface area contributed by atoms with Crippen LogP contribution in [0.4, 0.5) is 4.79 Å². The summed E-state index contributed by atoms with van der Waals surface area (Å²) in [7, 11) is 0. The van der Waals surface area contributed by atoms with Crippen molar-refractivity contribution in [3.8, 4) is 0 Å². The lowest BCUT2D eigenvalue weighted by atomic mass is 10.2. The largest absolute Gasteiger partial charge is 0.464 e. The molecule has 0 saturated heterocycles. The third kappa shape index (κ3) is 3.04. The Hall–Kier alpha value is -1.07. The van der Waals surface area contributed by atoms with Gasteiger partial charge in [-0.3, -0.25) is 0 Å². The lowest BCUT2D eigenvalue weighted by molar-refractivity contribution is 0.143. The molecule has 13 heavy (non-hydrogen) atoms. The predicted octanol–water partition coefficient (Wildman–Crippen LogP) is 1.80. The lowest BCUT2D eigenvalue weighted by Crippen LogP contribution is -2.35. The summed E-state index contributed by atoms with van der Waals surface area (Å²) in [5.41, 5.74) is 0.855. The maximum atomic E-state index is 10.4. The minimum atomic E-state index is -1.14. The first-order valence-corrected chi connectivity index (χ1v) is 4.38. The molecule has 0 aliphatic carbocycles. The van der Waals surface area contributed by atoms with Gasteiger partial charge in [0, 0.05) is 4.47 Å². The number of hydrogen-bond acceptors (Lipinski definition) is 2. The fourth-order valence-electron chi connectivity index (χ4n) is 0.854. The van der Waals surface area contributed by atoms with E-state index in [4.69, 9.17) is 10.9 Å². The van der Waals surface area contributed by atoms with E-state index in [1.54, 1.807) is 0 Å². The molecule has 0 radical (unpaired) electrons. The molecule has 0 aliphatic rings. The molecule has 5 heteroatoms. The van der Waals surface area contributed by atoms with Gasteiger partial charge in [0.15, 0.2) is 0 Å². The van der Waals surface area contributed by atoms with Crippen LogP contribution < -0.4 is 5.84 Å². The molecule has 70 valence electrons. The number of amides is 1. The molecule has 0 unspecified atom stereocenters. The zero-order valence-corrected chi connectivity index (χ0v) is 8.36. The van der Waals surface area contributed by atoms with Crippen LogP contribution in [0.5, 0.6) is 0 Å². The Morgan fingerprint density at radius 3 is 2.46 bits per heavy atom. The first-order valence-electron chi connectivity index (χ1n) is 3.59. The minimum absolute atomic E-state index is 0.197. The van der Waals surface area contributed by atoms with Crippen molar-refractivity contribution in [3.05, 3.63) is 34.3 Å². The van der Waals surface area contributed by atoms with E-state index in [0.29, 0.717) is 0 Å². The highest BCUT2D eigenvalue weighted by Gasteiger charge is 2.05. The highest BCUT2D eigenvalue weighted by atomic mass is 79.9. The Morgan fingerprint density at radius 2 is 2.00 bits per heavy atom. The van der Waals surface area contributed by atoms with Gasteiger partial charge >= 0.3 is 6.09 Å². The smallest absolute Gasteiger partial charge is 0.421 e. The predicted molar refractivity (Wildman–Crippen MR) is 51.9 cm³/mol. The standard InChI is InChI=1S/C8H9BrN2O2/c9-7-3-1-6(2-4-7)5-11(10)8(12)13/h1-4H,5,10H2,(H,12,13). The van der Waals surface area contributed by atoms with Crippen LogP contribution in [0.15, 0.2) is 28.7 Å². The van der Waals surface area contributed by atoms with Gasteiger partial charge in [0.05, 0.1) is 6.54 Å². The summed E-state index contributed by atoms with van der Waals surface area (Å²) in [5, 5.41) is 9.23. The fraction of sp³-hybridized carbons (Fsp3) is 0.125. The fourth-order valence-corrected chi connectivity index (χ4v) is 1.12. The summed E-state index contributed by atoms with van der Waals surface area (Å²) in [6, 6.07) is 7.30. The number of benzene rings is 1.